The second-order valence-corrected chi connectivity index (χ2v) is 7.72. The van der Waals surface area contributed by atoms with Crippen LogP contribution < -0.4 is 5.32 Å². The van der Waals surface area contributed by atoms with Crippen molar-refractivity contribution < 1.29 is 4.79 Å². The molecule has 1 heterocycles. The van der Waals surface area contributed by atoms with Gasteiger partial charge in [-0.1, -0.05) is 62.1 Å². The Bertz CT molecular complexity index is 727. The Labute approximate surface area is 161 Å². The molecule has 1 aromatic heterocycles. The van der Waals surface area contributed by atoms with Crippen LogP contribution in [-0.2, 0) is 18.3 Å². The van der Waals surface area contributed by atoms with Crippen LogP contribution in [0.3, 0.4) is 0 Å². The van der Waals surface area contributed by atoms with Crippen LogP contribution in [0.15, 0.2) is 23.4 Å². The number of hydrogen-bond donors (Lipinski definition) is 1. The van der Waals surface area contributed by atoms with Gasteiger partial charge < -0.3 is 9.88 Å². The Morgan fingerprint density at radius 3 is 2.65 bits per heavy atom. The Kier molecular flexibility index (Phi) is 8.16. The zero-order valence-electron chi connectivity index (χ0n) is 16.3. The fourth-order valence-corrected chi connectivity index (χ4v) is 3.58. The van der Waals surface area contributed by atoms with Crippen molar-refractivity contribution in [3.8, 4) is 0 Å². The fourth-order valence-electron chi connectivity index (χ4n) is 2.85. The van der Waals surface area contributed by atoms with E-state index in [4.69, 9.17) is 0 Å². The number of aryl methyl sites for hydroxylation is 3. The summed E-state index contributed by atoms with van der Waals surface area (Å²) in [5, 5.41) is 12.3. The molecule has 2 rings (SSSR count). The summed E-state index contributed by atoms with van der Waals surface area (Å²) in [5.74, 6) is 1.31. The molecule has 0 radical (unpaired) electrons. The molecule has 0 unspecified atom stereocenters. The van der Waals surface area contributed by atoms with E-state index in [0.717, 1.165) is 35.1 Å². The van der Waals surface area contributed by atoms with E-state index in [1.807, 2.05) is 37.6 Å². The summed E-state index contributed by atoms with van der Waals surface area (Å²) in [4.78, 5) is 12.2. The van der Waals surface area contributed by atoms with Gasteiger partial charge in [-0.2, -0.15) is 0 Å². The Morgan fingerprint density at radius 2 is 1.92 bits per heavy atom. The number of carbonyl (C=O) groups is 1. The molecule has 0 aliphatic heterocycles. The number of amides is 1. The van der Waals surface area contributed by atoms with Crippen molar-refractivity contribution in [2.45, 2.75) is 64.5 Å². The standard InChI is InChI=1S/C20H30N4OS/c1-5-6-7-8-9-10-18-22-23-20(24(18)4)26-14-19(25)21-17-12-11-15(2)13-16(17)3/h11-13H,5-10,14H2,1-4H3,(H,21,25). The molecular formula is C20H30N4OS. The van der Waals surface area contributed by atoms with E-state index in [1.165, 1.54) is 43.0 Å². The first-order chi connectivity index (χ1) is 12.5. The molecule has 1 N–H and O–H groups in total. The van der Waals surface area contributed by atoms with Crippen LogP contribution in [0.2, 0.25) is 0 Å². The van der Waals surface area contributed by atoms with Gasteiger partial charge in [-0.25, -0.2) is 0 Å². The van der Waals surface area contributed by atoms with Crippen molar-refractivity contribution >= 4 is 23.4 Å². The minimum Gasteiger partial charge on any atom is -0.325 e. The van der Waals surface area contributed by atoms with Crippen LogP contribution in [0.4, 0.5) is 5.69 Å². The Balaban J connectivity index is 1.80. The van der Waals surface area contributed by atoms with Crippen molar-refractivity contribution in [3.05, 3.63) is 35.2 Å². The number of anilines is 1. The van der Waals surface area contributed by atoms with Gasteiger partial charge in [-0.3, -0.25) is 4.79 Å². The lowest BCUT2D eigenvalue weighted by Gasteiger charge is -2.09. The minimum atomic E-state index is -0.0222. The molecule has 6 heteroatoms. The Hall–Kier alpha value is -1.82. The lowest BCUT2D eigenvalue weighted by molar-refractivity contribution is -0.113. The summed E-state index contributed by atoms with van der Waals surface area (Å²) >= 11 is 1.43. The molecule has 26 heavy (non-hydrogen) atoms. The van der Waals surface area contributed by atoms with Crippen LogP contribution >= 0.6 is 11.8 Å². The third kappa shape index (κ3) is 6.16. The van der Waals surface area contributed by atoms with E-state index < -0.39 is 0 Å². The van der Waals surface area contributed by atoms with E-state index in [1.54, 1.807) is 0 Å². The number of aromatic nitrogens is 3. The van der Waals surface area contributed by atoms with Crippen molar-refractivity contribution in [2.24, 2.45) is 7.05 Å². The fraction of sp³-hybridized carbons (Fsp3) is 0.550. The highest BCUT2D eigenvalue weighted by Gasteiger charge is 2.12. The number of nitrogens with zero attached hydrogens (tertiary/aromatic N) is 3. The van der Waals surface area contributed by atoms with Gasteiger partial charge in [0, 0.05) is 19.2 Å². The summed E-state index contributed by atoms with van der Waals surface area (Å²) in [6.07, 6.45) is 7.17. The number of rotatable bonds is 10. The van der Waals surface area contributed by atoms with Gasteiger partial charge in [0.1, 0.15) is 5.82 Å². The maximum absolute atomic E-state index is 12.2. The van der Waals surface area contributed by atoms with Crippen LogP contribution in [0, 0.1) is 13.8 Å². The quantitative estimate of drug-likeness (QED) is 0.485. The smallest absolute Gasteiger partial charge is 0.234 e. The third-order valence-electron chi connectivity index (χ3n) is 4.42. The third-order valence-corrected chi connectivity index (χ3v) is 5.44. The highest BCUT2D eigenvalue weighted by Crippen LogP contribution is 2.19. The van der Waals surface area contributed by atoms with Crippen molar-refractivity contribution in [2.75, 3.05) is 11.1 Å². The first kappa shape index (κ1) is 20.5. The highest BCUT2D eigenvalue weighted by molar-refractivity contribution is 7.99. The number of carbonyl (C=O) groups excluding carboxylic acids is 1. The van der Waals surface area contributed by atoms with Crippen LogP contribution in [0.25, 0.3) is 0 Å². The topological polar surface area (TPSA) is 59.8 Å². The van der Waals surface area contributed by atoms with E-state index in [2.05, 4.69) is 28.5 Å². The maximum Gasteiger partial charge on any atom is 0.234 e. The Morgan fingerprint density at radius 1 is 1.15 bits per heavy atom. The van der Waals surface area contributed by atoms with E-state index in [-0.39, 0.29) is 5.91 Å². The molecular weight excluding hydrogens is 344 g/mol. The van der Waals surface area contributed by atoms with Gasteiger partial charge >= 0.3 is 0 Å². The number of thioether (sulfide) groups is 1. The molecule has 0 saturated heterocycles. The first-order valence-corrected chi connectivity index (χ1v) is 10.4. The van der Waals surface area contributed by atoms with Gasteiger partial charge in [0.05, 0.1) is 5.75 Å². The molecule has 1 amide bonds. The molecule has 0 fully saturated rings. The number of unbranched alkanes of at least 4 members (excludes halogenated alkanes) is 4. The van der Waals surface area contributed by atoms with Crippen molar-refractivity contribution in [3.63, 3.8) is 0 Å². The zero-order chi connectivity index (χ0) is 18.9. The molecule has 142 valence electrons. The van der Waals surface area contributed by atoms with Crippen LogP contribution in [-0.4, -0.2) is 26.4 Å². The lowest BCUT2D eigenvalue weighted by atomic mass is 10.1. The van der Waals surface area contributed by atoms with Gasteiger partial charge in [0.25, 0.3) is 0 Å². The van der Waals surface area contributed by atoms with E-state index in [0.29, 0.717) is 5.75 Å². The monoisotopic (exact) mass is 374 g/mol. The molecule has 0 atom stereocenters. The number of benzene rings is 1. The molecule has 0 bridgehead atoms. The van der Waals surface area contributed by atoms with E-state index in [9.17, 15) is 4.79 Å². The lowest BCUT2D eigenvalue weighted by Crippen LogP contribution is -2.15. The van der Waals surface area contributed by atoms with Gasteiger partial charge in [-0.15, -0.1) is 10.2 Å². The summed E-state index contributed by atoms with van der Waals surface area (Å²) in [5.41, 5.74) is 3.13. The first-order valence-electron chi connectivity index (χ1n) is 9.39. The SMILES string of the molecule is CCCCCCCc1nnc(SCC(=O)Nc2ccc(C)cc2C)n1C. The number of nitrogens with one attached hydrogen (secondary N) is 1. The van der Waals surface area contributed by atoms with Crippen LogP contribution in [0.5, 0.6) is 0 Å². The zero-order valence-corrected chi connectivity index (χ0v) is 17.2. The average Bonchev–Trinajstić information content (AvgIpc) is 2.95. The average molecular weight is 375 g/mol. The second kappa shape index (κ2) is 10.4. The summed E-state index contributed by atoms with van der Waals surface area (Å²) in [6.45, 7) is 6.28. The molecule has 0 spiro atoms. The molecule has 2 aromatic rings. The molecule has 5 nitrogen and oxygen atoms in total. The van der Waals surface area contributed by atoms with Gasteiger partial charge in [0.2, 0.25) is 5.91 Å². The largest absolute Gasteiger partial charge is 0.325 e. The predicted octanol–water partition coefficient (Wildman–Crippen LogP) is 4.68. The molecule has 0 aliphatic rings. The van der Waals surface area contributed by atoms with Crippen molar-refractivity contribution in [1.29, 1.82) is 0 Å². The molecule has 0 saturated carbocycles. The molecule has 1 aromatic carbocycles. The summed E-state index contributed by atoms with van der Waals surface area (Å²) in [6, 6.07) is 6.02. The predicted molar refractivity (Wildman–Crippen MR) is 109 cm³/mol. The summed E-state index contributed by atoms with van der Waals surface area (Å²) in [7, 11) is 1.98. The highest BCUT2D eigenvalue weighted by atomic mass is 32.2. The summed E-state index contributed by atoms with van der Waals surface area (Å²) < 4.78 is 2.01. The van der Waals surface area contributed by atoms with Crippen LogP contribution in [0.1, 0.15) is 56.0 Å². The second-order valence-electron chi connectivity index (χ2n) is 6.78. The van der Waals surface area contributed by atoms with E-state index >= 15 is 0 Å². The van der Waals surface area contributed by atoms with Gasteiger partial charge in [-0.05, 0) is 31.9 Å². The van der Waals surface area contributed by atoms with Crippen molar-refractivity contribution in [1.82, 2.24) is 14.8 Å². The maximum atomic E-state index is 12.2. The molecule has 0 aliphatic carbocycles. The number of hydrogen-bond acceptors (Lipinski definition) is 4. The minimum absolute atomic E-state index is 0.0222. The van der Waals surface area contributed by atoms with Gasteiger partial charge in [0.15, 0.2) is 5.16 Å². The normalized spacial score (nSPS) is 10.9.